The number of esters is 1. The highest BCUT2D eigenvalue weighted by Gasteiger charge is 2.18. The monoisotopic (exact) mass is 411 g/mol. The number of nitrogens with zero attached hydrogens (tertiary/aromatic N) is 1. The first-order chi connectivity index (χ1) is 14.2. The Labute approximate surface area is 174 Å². The molecule has 7 heteroatoms. The van der Waals surface area contributed by atoms with Crippen LogP contribution in [-0.2, 0) is 16.1 Å². The van der Waals surface area contributed by atoms with E-state index in [4.69, 9.17) is 9.15 Å². The summed E-state index contributed by atoms with van der Waals surface area (Å²) in [6.07, 6.45) is 0.234. The molecule has 0 fully saturated rings. The lowest BCUT2D eigenvalue weighted by Gasteiger charge is -2.11. The van der Waals surface area contributed by atoms with Gasteiger partial charge in [0.15, 0.2) is 6.61 Å². The second-order valence-corrected chi connectivity index (χ2v) is 7.29. The number of Topliss-reactive ketones (excluding diaryl/α,β-unsaturated/α-hetero) is 1. The highest BCUT2D eigenvalue weighted by Crippen LogP contribution is 2.28. The molecule has 1 aromatic carbocycles. The number of ketones is 1. The quantitative estimate of drug-likeness (QED) is 0.335. The lowest BCUT2D eigenvalue weighted by molar-refractivity contribution is -0.140. The maximum atomic E-state index is 12.8. The summed E-state index contributed by atoms with van der Waals surface area (Å²) >= 11 is 0. The molecule has 0 unspecified atom stereocenters. The first kappa shape index (κ1) is 21.4. The Morgan fingerprint density at radius 1 is 1.10 bits per heavy atom. The number of ether oxygens (including phenoxy) is 2. The predicted octanol–water partition coefficient (Wildman–Crippen LogP) is 3.65. The Kier molecular flexibility index (Phi) is 6.10. The Hall–Kier alpha value is -3.35. The van der Waals surface area contributed by atoms with E-state index < -0.39 is 5.63 Å². The van der Waals surface area contributed by atoms with Gasteiger partial charge in [0, 0.05) is 40.5 Å². The summed E-state index contributed by atoms with van der Waals surface area (Å²) in [4.78, 5) is 35.9. The van der Waals surface area contributed by atoms with Crippen LogP contribution in [0.3, 0.4) is 0 Å². The second kappa shape index (κ2) is 8.57. The molecule has 3 aromatic rings. The van der Waals surface area contributed by atoms with Crippen LogP contribution in [0, 0.1) is 27.7 Å². The van der Waals surface area contributed by atoms with Crippen molar-refractivity contribution in [2.45, 2.75) is 40.7 Å². The molecule has 0 aliphatic carbocycles. The number of hydrogen-bond acceptors (Lipinski definition) is 6. The van der Waals surface area contributed by atoms with E-state index in [1.54, 1.807) is 19.1 Å². The van der Waals surface area contributed by atoms with E-state index in [0.717, 1.165) is 22.3 Å². The number of carbonyl (C=O) groups is 2. The lowest BCUT2D eigenvalue weighted by Crippen LogP contribution is -2.14. The molecule has 0 saturated heterocycles. The van der Waals surface area contributed by atoms with Crippen LogP contribution < -0.4 is 10.4 Å². The molecule has 0 aliphatic rings. The van der Waals surface area contributed by atoms with Crippen LogP contribution >= 0.6 is 0 Å². The predicted molar refractivity (Wildman–Crippen MR) is 112 cm³/mol. The van der Waals surface area contributed by atoms with Gasteiger partial charge in [0.05, 0.1) is 13.5 Å². The van der Waals surface area contributed by atoms with E-state index in [1.807, 2.05) is 31.4 Å². The Morgan fingerprint density at radius 2 is 1.83 bits per heavy atom. The average Bonchev–Trinajstić information content (AvgIpc) is 2.99. The van der Waals surface area contributed by atoms with Crippen molar-refractivity contribution in [1.82, 2.24) is 4.57 Å². The zero-order valence-corrected chi connectivity index (χ0v) is 17.8. The van der Waals surface area contributed by atoms with Gasteiger partial charge < -0.3 is 18.5 Å². The normalized spacial score (nSPS) is 11.0. The molecule has 158 valence electrons. The molecular weight excluding hydrogens is 386 g/mol. The number of aryl methyl sites for hydroxylation is 3. The summed E-state index contributed by atoms with van der Waals surface area (Å²) in [6.45, 7) is 7.67. The number of fused-ring (bicyclic) bond motifs is 1. The fourth-order valence-corrected chi connectivity index (χ4v) is 3.61. The van der Waals surface area contributed by atoms with Gasteiger partial charge in [0.1, 0.15) is 11.3 Å². The van der Waals surface area contributed by atoms with Crippen molar-refractivity contribution in [2.75, 3.05) is 13.7 Å². The summed E-state index contributed by atoms with van der Waals surface area (Å²) in [5.74, 6) is 0.0223. The van der Waals surface area contributed by atoms with Gasteiger partial charge in [-0.2, -0.15) is 0 Å². The smallest absolute Gasteiger partial charge is 0.336 e. The fraction of sp³-hybridized carbons (Fsp3) is 0.348. The maximum absolute atomic E-state index is 12.8. The molecule has 2 heterocycles. The molecule has 0 saturated carbocycles. The van der Waals surface area contributed by atoms with Crippen molar-refractivity contribution in [1.29, 1.82) is 0 Å². The second-order valence-electron chi connectivity index (χ2n) is 7.29. The van der Waals surface area contributed by atoms with E-state index in [1.165, 1.54) is 13.2 Å². The SMILES string of the molecule is COC(=O)CCn1c(C)cc(C(=O)COc2ccc3c(C)cc(=O)oc3c2C)c1C. The molecule has 0 atom stereocenters. The topological polar surface area (TPSA) is 87.7 Å². The van der Waals surface area contributed by atoms with Crippen LogP contribution in [0.1, 0.15) is 39.3 Å². The van der Waals surface area contributed by atoms with E-state index >= 15 is 0 Å². The molecule has 0 aliphatic heterocycles. The zero-order valence-electron chi connectivity index (χ0n) is 17.8. The van der Waals surface area contributed by atoms with Crippen LogP contribution in [0.15, 0.2) is 33.5 Å². The summed E-state index contributed by atoms with van der Waals surface area (Å²) in [7, 11) is 1.35. The third-order valence-electron chi connectivity index (χ3n) is 5.32. The van der Waals surface area contributed by atoms with E-state index in [9.17, 15) is 14.4 Å². The van der Waals surface area contributed by atoms with Gasteiger partial charge in [0.25, 0.3) is 0 Å². The standard InChI is InChI=1S/C23H25NO6/c1-13-10-22(27)30-23-15(3)20(7-6-17(13)23)29-12-19(25)18-11-14(2)24(16(18)4)9-8-21(26)28-5/h6-7,10-11H,8-9,12H2,1-5H3. The number of carbonyl (C=O) groups excluding carboxylic acids is 2. The van der Waals surface area contributed by atoms with E-state index in [0.29, 0.717) is 29.0 Å². The molecule has 0 N–H and O–H groups in total. The Balaban J connectivity index is 1.78. The van der Waals surface area contributed by atoms with E-state index in [-0.39, 0.29) is 24.8 Å². The molecule has 0 radical (unpaired) electrons. The molecule has 0 amide bonds. The van der Waals surface area contributed by atoms with Gasteiger partial charge in [-0.05, 0) is 51.5 Å². The van der Waals surface area contributed by atoms with Crippen molar-refractivity contribution in [2.24, 2.45) is 0 Å². The molecule has 0 bridgehead atoms. The number of hydrogen-bond donors (Lipinski definition) is 0. The van der Waals surface area contributed by atoms with Crippen molar-refractivity contribution in [3.05, 3.63) is 62.8 Å². The zero-order chi connectivity index (χ0) is 22.0. The molecule has 0 spiro atoms. The highest BCUT2D eigenvalue weighted by molar-refractivity contribution is 5.98. The Morgan fingerprint density at radius 3 is 2.53 bits per heavy atom. The number of methoxy groups -OCH3 is 1. The molecule has 2 aromatic heterocycles. The fourth-order valence-electron chi connectivity index (χ4n) is 3.61. The number of rotatable bonds is 7. The Bertz CT molecular complexity index is 1180. The van der Waals surface area contributed by atoms with Crippen molar-refractivity contribution < 1.29 is 23.5 Å². The summed E-state index contributed by atoms with van der Waals surface area (Å²) in [5.41, 5.74) is 3.76. The van der Waals surface area contributed by atoms with Crippen molar-refractivity contribution >= 4 is 22.7 Å². The van der Waals surface area contributed by atoms with E-state index in [2.05, 4.69) is 4.74 Å². The minimum absolute atomic E-state index is 0.149. The minimum Gasteiger partial charge on any atom is -0.485 e. The summed E-state index contributed by atoms with van der Waals surface area (Å²) in [6, 6.07) is 6.84. The molecular formula is C23H25NO6. The third-order valence-corrected chi connectivity index (χ3v) is 5.32. The third kappa shape index (κ3) is 4.15. The maximum Gasteiger partial charge on any atom is 0.336 e. The first-order valence-corrected chi connectivity index (χ1v) is 9.66. The molecule has 30 heavy (non-hydrogen) atoms. The van der Waals surface area contributed by atoms with Gasteiger partial charge in [-0.3, -0.25) is 9.59 Å². The van der Waals surface area contributed by atoms with Crippen LogP contribution in [0.25, 0.3) is 11.0 Å². The van der Waals surface area contributed by atoms with Gasteiger partial charge >= 0.3 is 11.6 Å². The molecule has 7 nitrogen and oxygen atoms in total. The number of benzene rings is 1. The van der Waals surface area contributed by atoms with Crippen LogP contribution in [0.5, 0.6) is 5.75 Å². The van der Waals surface area contributed by atoms with Crippen LogP contribution in [-0.4, -0.2) is 30.0 Å². The highest BCUT2D eigenvalue weighted by atomic mass is 16.5. The largest absolute Gasteiger partial charge is 0.485 e. The summed E-state index contributed by atoms with van der Waals surface area (Å²) < 4.78 is 17.7. The van der Waals surface area contributed by atoms with Crippen molar-refractivity contribution in [3.63, 3.8) is 0 Å². The number of aromatic nitrogens is 1. The average molecular weight is 411 g/mol. The molecule has 3 rings (SSSR count). The minimum atomic E-state index is -0.421. The lowest BCUT2D eigenvalue weighted by atomic mass is 10.1. The van der Waals surface area contributed by atoms with Gasteiger partial charge in [-0.1, -0.05) is 0 Å². The van der Waals surface area contributed by atoms with Gasteiger partial charge in [0.2, 0.25) is 5.78 Å². The first-order valence-electron chi connectivity index (χ1n) is 9.66. The van der Waals surface area contributed by atoms with Crippen LogP contribution in [0.2, 0.25) is 0 Å². The summed E-state index contributed by atoms with van der Waals surface area (Å²) in [5, 5.41) is 0.833. The van der Waals surface area contributed by atoms with Gasteiger partial charge in [-0.15, -0.1) is 0 Å². The van der Waals surface area contributed by atoms with Gasteiger partial charge in [-0.25, -0.2) is 4.79 Å². The van der Waals surface area contributed by atoms with Crippen LogP contribution in [0.4, 0.5) is 0 Å². The van der Waals surface area contributed by atoms with Crippen molar-refractivity contribution in [3.8, 4) is 5.75 Å².